The van der Waals surface area contributed by atoms with Crippen molar-refractivity contribution in [2.45, 2.75) is 32.6 Å². The van der Waals surface area contributed by atoms with Crippen LogP contribution in [0.3, 0.4) is 0 Å². The van der Waals surface area contributed by atoms with Crippen molar-refractivity contribution in [3.63, 3.8) is 0 Å². The van der Waals surface area contributed by atoms with E-state index in [4.69, 9.17) is 0 Å². The van der Waals surface area contributed by atoms with E-state index in [0.29, 0.717) is 19.3 Å². The van der Waals surface area contributed by atoms with Gasteiger partial charge in [0.05, 0.1) is 10.9 Å². The maximum absolute atomic E-state index is 14.8. The number of rotatable bonds is 7. The SMILES string of the molecule is C=CCCc1ccc(C(F)=C(F)c2cc3ccc(CCC)c(F)c3c(F)c2F)cc1. The van der Waals surface area contributed by atoms with Crippen LogP contribution in [0.5, 0.6) is 0 Å². The molecule has 0 unspecified atom stereocenters. The molecule has 3 aromatic rings. The van der Waals surface area contributed by atoms with Gasteiger partial charge >= 0.3 is 0 Å². The van der Waals surface area contributed by atoms with Gasteiger partial charge in [0.25, 0.3) is 0 Å². The van der Waals surface area contributed by atoms with Gasteiger partial charge in [-0.2, -0.15) is 0 Å². The third-order valence-corrected chi connectivity index (χ3v) is 5.00. The van der Waals surface area contributed by atoms with E-state index < -0.39 is 40.1 Å². The van der Waals surface area contributed by atoms with Crippen LogP contribution in [0.15, 0.2) is 55.1 Å². The predicted molar refractivity (Wildman–Crippen MR) is 112 cm³/mol. The Morgan fingerprint density at radius 2 is 1.57 bits per heavy atom. The van der Waals surface area contributed by atoms with E-state index in [0.717, 1.165) is 18.1 Å². The fraction of sp³-hybridized carbons (Fsp3) is 0.200. The molecule has 0 aliphatic rings. The van der Waals surface area contributed by atoms with Crippen LogP contribution < -0.4 is 0 Å². The van der Waals surface area contributed by atoms with Crippen LogP contribution in [-0.2, 0) is 12.8 Å². The molecule has 0 aromatic heterocycles. The van der Waals surface area contributed by atoms with Gasteiger partial charge in [-0.3, -0.25) is 0 Å². The Bertz CT molecular complexity index is 1110. The van der Waals surface area contributed by atoms with Gasteiger partial charge in [0.2, 0.25) is 0 Å². The van der Waals surface area contributed by atoms with Gasteiger partial charge in [0, 0.05) is 5.56 Å². The topological polar surface area (TPSA) is 0 Å². The summed E-state index contributed by atoms with van der Waals surface area (Å²) in [7, 11) is 0. The van der Waals surface area contributed by atoms with E-state index in [1.165, 1.54) is 24.3 Å². The summed E-state index contributed by atoms with van der Waals surface area (Å²) in [4.78, 5) is 0. The molecule has 0 saturated heterocycles. The van der Waals surface area contributed by atoms with Crippen molar-refractivity contribution in [1.82, 2.24) is 0 Å². The summed E-state index contributed by atoms with van der Waals surface area (Å²) < 4.78 is 73.2. The summed E-state index contributed by atoms with van der Waals surface area (Å²) in [5.74, 6) is -6.88. The van der Waals surface area contributed by atoms with E-state index in [1.54, 1.807) is 18.2 Å². The third kappa shape index (κ3) is 4.16. The van der Waals surface area contributed by atoms with Crippen LogP contribution in [0.2, 0.25) is 0 Å². The molecule has 3 aromatic carbocycles. The minimum Gasteiger partial charge on any atom is -0.206 e. The summed E-state index contributed by atoms with van der Waals surface area (Å²) >= 11 is 0. The van der Waals surface area contributed by atoms with Gasteiger partial charge in [-0.1, -0.05) is 55.8 Å². The average Bonchev–Trinajstić information content (AvgIpc) is 2.76. The number of halogens is 5. The highest BCUT2D eigenvalue weighted by molar-refractivity contribution is 5.91. The van der Waals surface area contributed by atoms with Crippen LogP contribution >= 0.6 is 0 Å². The van der Waals surface area contributed by atoms with Crippen molar-refractivity contribution in [2.24, 2.45) is 0 Å². The maximum Gasteiger partial charge on any atom is 0.170 e. The van der Waals surface area contributed by atoms with E-state index in [-0.39, 0.29) is 16.5 Å². The van der Waals surface area contributed by atoms with Crippen molar-refractivity contribution in [3.05, 3.63) is 94.8 Å². The molecular formula is C25H21F5. The second kappa shape index (κ2) is 9.24. The fourth-order valence-electron chi connectivity index (χ4n) is 3.38. The van der Waals surface area contributed by atoms with Crippen LogP contribution in [0.1, 0.15) is 42.0 Å². The van der Waals surface area contributed by atoms with Gasteiger partial charge in [0.15, 0.2) is 23.3 Å². The summed E-state index contributed by atoms with van der Waals surface area (Å²) in [5, 5.41) is -0.592. The highest BCUT2D eigenvalue weighted by atomic mass is 19.2. The van der Waals surface area contributed by atoms with Crippen molar-refractivity contribution < 1.29 is 22.0 Å². The molecule has 0 spiro atoms. The Balaban J connectivity index is 2.07. The molecule has 0 radical (unpaired) electrons. The van der Waals surface area contributed by atoms with Crippen LogP contribution in [0.4, 0.5) is 22.0 Å². The first-order valence-corrected chi connectivity index (χ1v) is 9.74. The maximum atomic E-state index is 14.8. The van der Waals surface area contributed by atoms with Gasteiger partial charge in [-0.15, -0.1) is 6.58 Å². The smallest absolute Gasteiger partial charge is 0.170 e. The summed E-state index contributed by atoms with van der Waals surface area (Å²) in [6, 6.07) is 9.77. The monoisotopic (exact) mass is 416 g/mol. The first-order chi connectivity index (χ1) is 14.4. The van der Waals surface area contributed by atoms with Crippen molar-refractivity contribution >= 4 is 22.4 Å². The Labute approximate surface area is 172 Å². The molecule has 0 N–H and O–H groups in total. The molecule has 0 fully saturated rings. The van der Waals surface area contributed by atoms with Crippen LogP contribution in [-0.4, -0.2) is 0 Å². The third-order valence-electron chi connectivity index (χ3n) is 5.00. The molecule has 5 heteroatoms. The fourth-order valence-corrected chi connectivity index (χ4v) is 3.38. The molecule has 3 rings (SSSR count). The minimum atomic E-state index is -1.62. The highest BCUT2D eigenvalue weighted by Gasteiger charge is 2.23. The summed E-state index contributed by atoms with van der Waals surface area (Å²) in [6.07, 6.45) is 4.17. The Morgan fingerprint density at radius 3 is 2.20 bits per heavy atom. The molecule has 0 saturated carbocycles. The lowest BCUT2D eigenvalue weighted by molar-refractivity contribution is 0.505. The van der Waals surface area contributed by atoms with Crippen molar-refractivity contribution in [3.8, 4) is 0 Å². The zero-order valence-electron chi connectivity index (χ0n) is 16.5. The lowest BCUT2D eigenvalue weighted by atomic mass is 9.99. The van der Waals surface area contributed by atoms with E-state index >= 15 is 0 Å². The Hall–Kier alpha value is -2.95. The van der Waals surface area contributed by atoms with Crippen molar-refractivity contribution in [2.75, 3.05) is 0 Å². The molecule has 0 nitrogen and oxygen atoms in total. The van der Waals surface area contributed by atoms with Gasteiger partial charge in [-0.25, -0.2) is 22.0 Å². The van der Waals surface area contributed by atoms with Gasteiger partial charge < -0.3 is 0 Å². The molecule has 156 valence electrons. The molecule has 0 amide bonds. The molecular weight excluding hydrogens is 395 g/mol. The average molecular weight is 416 g/mol. The zero-order valence-corrected chi connectivity index (χ0v) is 16.5. The van der Waals surface area contributed by atoms with Crippen LogP contribution in [0, 0.1) is 17.5 Å². The molecule has 0 heterocycles. The first kappa shape index (κ1) is 21.8. The molecule has 0 aliphatic heterocycles. The standard InChI is InChI=1S/C25H21F5/c1-3-5-7-15-8-10-17(11-9-15)22(27)23(28)19-14-18-13-12-16(6-4-2)21(26)20(18)25(30)24(19)29/h3,8-14H,1,4-7H2,2H3. The number of aryl methyl sites for hydroxylation is 2. The Kier molecular flexibility index (Phi) is 6.70. The number of allylic oxidation sites excluding steroid dienone is 1. The lowest BCUT2D eigenvalue weighted by Crippen LogP contribution is -1.99. The number of hydrogen-bond acceptors (Lipinski definition) is 0. The number of hydrogen-bond donors (Lipinski definition) is 0. The molecule has 0 bridgehead atoms. The van der Waals surface area contributed by atoms with Crippen molar-refractivity contribution in [1.29, 1.82) is 0 Å². The van der Waals surface area contributed by atoms with Crippen LogP contribution in [0.25, 0.3) is 22.4 Å². The second-order valence-corrected chi connectivity index (χ2v) is 7.09. The summed E-state index contributed by atoms with van der Waals surface area (Å²) in [6.45, 7) is 5.46. The minimum absolute atomic E-state index is 0.0380. The normalized spacial score (nSPS) is 12.2. The van der Waals surface area contributed by atoms with E-state index in [2.05, 4.69) is 6.58 Å². The Morgan fingerprint density at radius 1 is 0.867 bits per heavy atom. The molecule has 0 atom stereocenters. The molecule has 30 heavy (non-hydrogen) atoms. The van der Waals surface area contributed by atoms with E-state index in [1.807, 2.05) is 6.92 Å². The van der Waals surface area contributed by atoms with Gasteiger partial charge in [0.1, 0.15) is 5.82 Å². The lowest BCUT2D eigenvalue weighted by Gasteiger charge is -2.11. The highest BCUT2D eigenvalue weighted by Crippen LogP contribution is 2.35. The quantitative estimate of drug-likeness (QED) is 0.207. The summed E-state index contributed by atoms with van der Waals surface area (Å²) in [5.41, 5.74) is 0.179. The molecule has 0 aliphatic carbocycles. The first-order valence-electron chi connectivity index (χ1n) is 9.74. The number of fused-ring (bicyclic) bond motifs is 1. The second-order valence-electron chi connectivity index (χ2n) is 7.09. The number of benzene rings is 3. The largest absolute Gasteiger partial charge is 0.206 e. The van der Waals surface area contributed by atoms with E-state index in [9.17, 15) is 22.0 Å². The zero-order chi connectivity index (χ0) is 21.8. The van der Waals surface area contributed by atoms with Gasteiger partial charge in [-0.05, 0) is 41.8 Å². The predicted octanol–water partition coefficient (Wildman–Crippen LogP) is 8.09.